The van der Waals surface area contributed by atoms with Gasteiger partial charge in [-0.2, -0.15) is 0 Å². The Kier molecular flexibility index (Phi) is 9.23. The topological polar surface area (TPSA) is 55.4 Å². The zero-order valence-corrected chi connectivity index (χ0v) is 20.3. The van der Waals surface area contributed by atoms with E-state index in [1.165, 1.54) is 0 Å². The van der Waals surface area contributed by atoms with Gasteiger partial charge in [-0.05, 0) is 42.0 Å². The van der Waals surface area contributed by atoms with Gasteiger partial charge in [-0.15, -0.1) is 0 Å². The molecule has 174 valence electrons. The molecule has 0 aromatic heterocycles. The van der Waals surface area contributed by atoms with Crippen LogP contribution in [0.2, 0.25) is 5.02 Å². The molecule has 9 heteroatoms. The van der Waals surface area contributed by atoms with Gasteiger partial charge in [0.2, 0.25) is 0 Å². The molecule has 1 fully saturated rings. The molecule has 0 atom stereocenters. The third-order valence-electron chi connectivity index (χ3n) is 5.30. The molecule has 1 aliphatic rings. The highest BCUT2D eigenvalue weighted by Crippen LogP contribution is 2.29. The first-order chi connectivity index (χ1) is 15.5. The molecule has 0 saturated carbocycles. The zero-order chi connectivity index (χ0) is 22.9. The van der Waals surface area contributed by atoms with Crippen LogP contribution in [0.15, 0.2) is 36.4 Å². The lowest BCUT2D eigenvalue weighted by Gasteiger charge is -2.31. The molecule has 1 saturated heterocycles. The second-order valence-electron chi connectivity index (χ2n) is 7.34. The van der Waals surface area contributed by atoms with E-state index >= 15 is 0 Å². The summed E-state index contributed by atoms with van der Waals surface area (Å²) in [5, 5.41) is 4.50. The number of rotatable bonds is 9. The van der Waals surface area contributed by atoms with Crippen LogP contribution in [-0.2, 0) is 11.3 Å². The number of hydrogen-bond donors (Lipinski definition) is 1. The second-order valence-corrected chi connectivity index (χ2v) is 8.14. The smallest absolute Gasteiger partial charge is 0.173 e. The van der Waals surface area contributed by atoms with Crippen LogP contribution in [-0.4, -0.2) is 75.6 Å². The molecule has 0 aliphatic carbocycles. The molecule has 1 aliphatic heterocycles. The molecule has 0 bridgehead atoms. The van der Waals surface area contributed by atoms with Crippen molar-refractivity contribution >= 4 is 34.6 Å². The Bertz CT molecular complexity index is 909. The molecule has 0 unspecified atom stereocenters. The van der Waals surface area contributed by atoms with E-state index in [0.717, 1.165) is 50.6 Å². The number of morpholine rings is 1. The summed E-state index contributed by atoms with van der Waals surface area (Å²) >= 11 is 11.9. The fourth-order valence-corrected chi connectivity index (χ4v) is 3.95. The molecule has 2 aromatic carbocycles. The Labute approximate surface area is 200 Å². The Morgan fingerprint density at radius 1 is 1.03 bits per heavy atom. The molecule has 3 rings (SSSR count). The number of methoxy groups -OCH3 is 3. The molecule has 32 heavy (non-hydrogen) atoms. The number of nitrogens with one attached hydrogen (secondary N) is 1. The number of hydrogen-bond acceptors (Lipinski definition) is 6. The zero-order valence-electron chi connectivity index (χ0n) is 18.7. The second kappa shape index (κ2) is 12.1. The Morgan fingerprint density at radius 2 is 1.75 bits per heavy atom. The average molecular weight is 480 g/mol. The summed E-state index contributed by atoms with van der Waals surface area (Å²) in [4.78, 5) is 4.53. The van der Waals surface area contributed by atoms with E-state index in [-0.39, 0.29) is 0 Å². The first-order valence-corrected chi connectivity index (χ1v) is 11.2. The summed E-state index contributed by atoms with van der Waals surface area (Å²) in [6.07, 6.45) is 0. The van der Waals surface area contributed by atoms with Gasteiger partial charge in [0, 0.05) is 44.5 Å². The van der Waals surface area contributed by atoms with E-state index in [2.05, 4.69) is 15.1 Å². The molecule has 0 radical (unpaired) electrons. The SMILES string of the molecule is COc1cc(NC(=S)N(CCN2CCOCC2)Cc2ccc(OC)c(OC)c2)ccc1Cl. The highest BCUT2D eigenvalue weighted by Gasteiger charge is 2.17. The van der Waals surface area contributed by atoms with Gasteiger partial charge in [0.25, 0.3) is 0 Å². The molecule has 7 nitrogen and oxygen atoms in total. The first kappa shape index (κ1) is 24.4. The third-order valence-corrected chi connectivity index (χ3v) is 5.97. The standard InChI is InChI=1S/C23H30ClN3O4S/c1-28-20-7-4-17(14-22(20)30-3)16-27(9-8-26-10-12-31-13-11-26)23(32)25-18-5-6-19(24)21(15-18)29-2/h4-7,14-15H,8-13,16H2,1-3H3,(H,25,32). The van der Waals surface area contributed by atoms with Gasteiger partial charge in [-0.3, -0.25) is 4.90 Å². The molecular formula is C23H30ClN3O4S. The normalized spacial score (nSPS) is 14.0. The van der Waals surface area contributed by atoms with Gasteiger partial charge in [-0.25, -0.2) is 0 Å². The molecule has 0 amide bonds. The fraction of sp³-hybridized carbons (Fsp3) is 0.435. The van der Waals surface area contributed by atoms with E-state index in [9.17, 15) is 0 Å². The minimum atomic E-state index is 0.554. The Balaban J connectivity index is 1.75. The molecule has 1 N–H and O–H groups in total. The monoisotopic (exact) mass is 479 g/mol. The first-order valence-electron chi connectivity index (χ1n) is 10.4. The van der Waals surface area contributed by atoms with Gasteiger partial charge in [0.05, 0.1) is 39.6 Å². The Hall–Kier alpha value is -2.26. The lowest BCUT2D eigenvalue weighted by Crippen LogP contribution is -2.43. The van der Waals surface area contributed by atoms with Crippen molar-refractivity contribution in [3.8, 4) is 17.2 Å². The summed E-state index contributed by atoms with van der Waals surface area (Å²) in [5.74, 6) is 1.99. The van der Waals surface area contributed by atoms with Gasteiger partial charge in [0.1, 0.15) is 5.75 Å². The summed E-state index contributed by atoms with van der Waals surface area (Å²) < 4.78 is 21.6. The minimum absolute atomic E-state index is 0.554. The number of anilines is 1. The summed E-state index contributed by atoms with van der Waals surface area (Å²) in [7, 11) is 4.86. The molecule has 2 aromatic rings. The van der Waals surface area contributed by atoms with Crippen LogP contribution in [0.25, 0.3) is 0 Å². The van der Waals surface area contributed by atoms with Crippen LogP contribution in [0.1, 0.15) is 5.56 Å². The predicted molar refractivity (Wildman–Crippen MR) is 131 cm³/mol. The maximum Gasteiger partial charge on any atom is 0.173 e. The average Bonchev–Trinajstić information content (AvgIpc) is 2.83. The number of ether oxygens (including phenoxy) is 4. The highest BCUT2D eigenvalue weighted by atomic mass is 35.5. The summed E-state index contributed by atoms with van der Waals surface area (Å²) in [6.45, 7) is 5.68. The lowest BCUT2D eigenvalue weighted by molar-refractivity contribution is 0.0358. The molecule has 0 spiro atoms. The van der Waals surface area contributed by atoms with Crippen molar-refractivity contribution in [2.75, 3.05) is 66.0 Å². The van der Waals surface area contributed by atoms with Crippen LogP contribution in [0.4, 0.5) is 5.69 Å². The number of nitrogens with zero attached hydrogens (tertiary/aromatic N) is 2. The van der Waals surface area contributed by atoms with Crippen molar-refractivity contribution in [2.45, 2.75) is 6.54 Å². The van der Waals surface area contributed by atoms with Gasteiger partial charge in [0.15, 0.2) is 16.6 Å². The minimum Gasteiger partial charge on any atom is -0.495 e. The highest BCUT2D eigenvalue weighted by molar-refractivity contribution is 7.80. The van der Waals surface area contributed by atoms with Crippen LogP contribution in [0.3, 0.4) is 0 Å². The van der Waals surface area contributed by atoms with Crippen molar-refractivity contribution < 1.29 is 18.9 Å². The predicted octanol–water partition coefficient (Wildman–Crippen LogP) is 3.90. The fourth-order valence-electron chi connectivity index (χ4n) is 3.48. The Morgan fingerprint density at radius 3 is 2.44 bits per heavy atom. The summed E-state index contributed by atoms with van der Waals surface area (Å²) in [5.41, 5.74) is 1.89. The van der Waals surface area contributed by atoms with Crippen LogP contribution in [0, 0.1) is 0 Å². The van der Waals surface area contributed by atoms with Crippen molar-refractivity contribution in [2.24, 2.45) is 0 Å². The van der Waals surface area contributed by atoms with Gasteiger partial charge < -0.3 is 29.2 Å². The summed E-state index contributed by atoms with van der Waals surface area (Å²) in [6, 6.07) is 11.4. The van der Waals surface area contributed by atoms with E-state index in [1.54, 1.807) is 27.4 Å². The number of benzene rings is 2. The third kappa shape index (κ3) is 6.62. The largest absolute Gasteiger partial charge is 0.495 e. The molecule has 1 heterocycles. The maximum absolute atomic E-state index is 6.16. The maximum atomic E-state index is 6.16. The van der Waals surface area contributed by atoms with Crippen LogP contribution >= 0.6 is 23.8 Å². The van der Waals surface area contributed by atoms with E-state index < -0.39 is 0 Å². The number of halogens is 1. The van der Waals surface area contributed by atoms with Crippen LogP contribution < -0.4 is 19.5 Å². The van der Waals surface area contributed by atoms with Crippen molar-refractivity contribution in [3.63, 3.8) is 0 Å². The van der Waals surface area contributed by atoms with Gasteiger partial charge >= 0.3 is 0 Å². The van der Waals surface area contributed by atoms with Crippen molar-refractivity contribution in [1.82, 2.24) is 9.80 Å². The lowest BCUT2D eigenvalue weighted by atomic mass is 10.2. The van der Waals surface area contributed by atoms with E-state index in [1.807, 2.05) is 30.3 Å². The van der Waals surface area contributed by atoms with Crippen LogP contribution in [0.5, 0.6) is 17.2 Å². The van der Waals surface area contributed by atoms with E-state index in [0.29, 0.717) is 33.9 Å². The van der Waals surface area contributed by atoms with Crippen molar-refractivity contribution in [3.05, 3.63) is 47.0 Å². The molecular weight excluding hydrogens is 450 g/mol. The van der Waals surface area contributed by atoms with Gasteiger partial charge in [-0.1, -0.05) is 17.7 Å². The van der Waals surface area contributed by atoms with Crippen molar-refractivity contribution in [1.29, 1.82) is 0 Å². The van der Waals surface area contributed by atoms with E-state index in [4.69, 9.17) is 42.8 Å². The number of thiocarbonyl (C=S) groups is 1. The quantitative estimate of drug-likeness (QED) is 0.543.